The number of hydrogen-bond donors (Lipinski definition) is 1. The van der Waals surface area contributed by atoms with Crippen LogP contribution in [0.15, 0.2) is 76.5 Å². The summed E-state index contributed by atoms with van der Waals surface area (Å²) in [5.74, 6) is 1.77. The zero-order valence-electron chi connectivity index (χ0n) is 20.2. The molecule has 0 aliphatic carbocycles. The molecule has 0 bridgehead atoms. The number of ether oxygens (including phenoxy) is 3. The molecule has 0 atom stereocenters. The van der Waals surface area contributed by atoms with Crippen LogP contribution in [-0.2, 0) is 0 Å². The zero-order chi connectivity index (χ0) is 25.2. The minimum Gasteiger partial charge on any atom is -0.497 e. The number of aromatic nitrogens is 3. The number of rotatable bonds is 7. The SMILES string of the molecule is COc1ccc(-c2[nH]n(-c3nc4ccccc4s3)c(=O)c2C(C)=Nc2cccc(OC)c2OC)cc1. The van der Waals surface area contributed by atoms with Gasteiger partial charge in [-0.05, 0) is 55.5 Å². The molecule has 5 aromatic rings. The number of thiazole rings is 1. The number of para-hydroxylation sites is 2. The molecule has 0 aliphatic rings. The van der Waals surface area contributed by atoms with Crippen LogP contribution in [0.25, 0.3) is 26.6 Å². The summed E-state index contributed by atoms with van der Waals surface area (Å²) < 4.78 is 18.7. The maximum atomic E-state index is 13.8. The average molecular weight is 501 g/mol. The number of aromatic amines is 1. The predicted octanol–water partition coefficient (Wildman–Crippen LogP) is 5.61. The molecule has 0 aliphatic heterocycles. The topological polar surface area (TPSA) is 90.7 Å². The third kappa shape index (κ3) is 4.14. The molecule has 2 aromatic heterocycles. The molecule has 0 radical (unpaired) electrons. The Morgan fingerprint density at radius 2 is 1.72 bits per heavy atom. The van der Waals surface area contributed by atoms with E-state index >= 15 is 0 Å². The number of fused-ring (bicyclic) bond motifs is 1. The summed E-state index contributed by atoms with van der Waals surface area (Å²) in [7, 11) is 4.75. The highest BCUT2D eigenvalue weighted by molar-refractivity contribution is 7.20. The first-order chi connectivity index (χ1) is 17.5. The molecule has 182 valence electrons. The lowest BCUT2D eigenvalue weighted by atomic mass is 10.0. The van der Waals surface area contributed by atoms with Gasteiger partial charge in [0, 0.05) is 5.56 Å². The fraction of sp³-hybridized carbons (Fsp3) is 0.148. The van der Waals surface area contributed by atoms with Gasteiger partial charge in [0.1, 0.15) is 11.4 Å². The number of nitrogens with zero attached hydrogens (tertiary/aromatic N) is 3. The zero-order valence-corrected chi connectivity index (χ0v) is 21.1. The van der Waals surface area contributed by atoms with Crippen molar-refractivity contribution in [1.82, 2.24) is 14.8 Å². The molecule has 0 unspecified atom stereocenters. The lowest BCUT2D eigenvalue weighted by molar-refractivity contribution is 0.356. The van der Waals surface area contributed by atoms with Gasteiger partial charge >= 0.3 is 0 Å². The van der Waals surface area contributed by atoms with Crippen molar-refractivity contribution >= 4 is 33.0 Å². The molecule has 0 amide bonds. The number of aliphatic imine (C=N–C) groups is 1. The maximum Gasteiger partial charge on any atom is 0.283 e. The molecular weight excluding hydrogens is 476 g/mol. The molecule has 8 nitrogen and oxygen atoms in total. The Labute approximate surface area is 211 Å². The monoisotopic (exact) mass is 500 g/mol. The van der Waals surface area contributed by atoms with Crippen LogP contribution in [0.4, 0.5) is 5.69 Å². The number of hydrogen-bond acceptors (Lipinski definition) is 7. The van der Waals surface area contributed by atoms with Gasteiger partial charge in [0.25, 0.3) is 5.56 Å². The standard InChI is InChI=1S/C27H24N4O4S/c1-16(28-20-9-7-10-21(34-3)25(20)35-4)23-24(17-12-14-18(33-2)15-13-17)30-31(26(23)32)27-29-19-8-5-6-11-22(19)36-27/h5-15,30H,1-4H3. The van der Waals surface area contributed by atoms with E-state index < -0.39 is 0 Å². The van der Waals surface area contributed by atoms with E-state index in [1.165, 1.54) is 16.0 Å². The Hall–Kier alpha value is -4.37. The van der Waals surface area contributed by atoms with E-state index in [9.17, 15) is 4.79 Å². The van der Waals surface area contributed by atoms with Crippen LogP contribution in [0.1, 0.15) is 12.5 Å². The Morgan fingerprint density at radius 1 is 0.944 bits per heavy atom. The predicted molar refractivity (Wildman–Crippen MR) is 143 cm³/mol. The Morgan fingerprint density at radius 3 is 2.42 bits per heavy atom. The van der Waals surface area contributed by atoms with Gasteiger partial charge in [0.05, 0.1) is 48.5 Å². The minimum atomic E-state index is -0.247. The van der Waals surface area contributed by atoms with E-state index in [1.54, 1.807) is 34.3 Å². The molecule has 0 saturated heterocycles. The van der Waals surface area contributed by atoms with E-state index in [1.807, 2.05) is 60.7 Å². The van der Waals surface area contributed by atoms with Crippen molar-refractivity contribution in [2.24, 2.45) is 4.99 Å². The van der Waals surface area contributed by atoms with Gasteiger partial charge in [-0.15, -0.1) is 0 Å². The van der Waals surface area contributed by atoms with Crippen LogP contribution in [0.2, 0.25) is 0 Å². The summed E-state index contributed by atoms with van der Waals surface area (Å²) in [6, 6.07) is 20.7. The first kappa shape index (κ1) is 23.4. The summed E-state index contributed by atoms with van der Waals surface area (Å²) in [5, 5.41) is 3.82. The number of methoxy groups -OCH3 is 3. The van der Waals surface area contributed by atoms with E-state index in [0.717, 1.165) is 21.5 Å². The molecular formula is C27H24N4O4S. The van der Waals surface area contributed by atoms with Crippen LogP contribution < -0.4 is 19.8 Å². The molecule has 0 saturated carbocycles. The number of benzene rings is 3. The third-order valence-electron chi connectivity index (χ3n) is 5.78. The quantitative estimate of drug-likeness (QED) is 0.293. The van der Waals surface area contributed by atoms with Crippen molar-refractivity contribution < 1.29 is 14.2 Å². The van der Waals surface area contributed by atoms with Crippen LogP contribution >= 0.6 is 11.3 Å². The average Bonchev–Trinajstić information content (AvgIpc) is 3.49. The second-order valence-corrected chi connectivity index (χ2v) is 8.91. The Kier molecular flexibility index (Phi) is 6.30. The summed E-state index contributed by atoms with van der Waals surface area (Å²) in [4.78, 5) is 23.3. The number of H-pyrrole nitrogens is 1. The molecule has 5 rings (SSSR count). The van der Waals surface area contributed by atoms with E-state index in [2.05, 4.69) is 10.1 Å². The fourth-order valence-electron chi connectivity index (χ4n) is 4.02. The van der Waals surface area contributed by atoms with Gasteiger partial charge in [0.2, 0.25) is 5.13 Å². The summed E-state index contributed by atoms with van der Waals surface area (Å²) in [5.41, 5.74) is 3.54. The molecule has 0 spiro atoms. The normalized spacial score (nSPS) is 11.6. The molecule has 36 heavy (non-hydrogen) atoms. The molecule has 2 heterocycles. The molecule has 0 fully saturated rings. The smallest absolute Gasteiger partial charge is 0.283 e. The Balaban J connectivity index is 1.71. The summed E-state index contributed by atoms with van der Waals surface area (Å²) >= 11 is 1.44. The van der Waals surface area contributed by atoms with Crippen LogP contribution in [0.5, 0.6) is 17.2 Å². The van der Waals surface area contributed by atoms with Gasteiger partial charge in [0.15, 0.2) is 11.5 Å². The fourth-order valence-corrected chi connectivity index (χ4v) is 4.95. The van der Waals surface area contributed by atoms with Gasteiger partial charge in [-0.2, -0.15) is 4.68 Å². The maximum absolute atomic E-state index is 13.8. The molecule has 3 aromatic carbocycles. The minimum absolute atomic E-state index is 0.247. The second-order valence-electron chi connectivity index (χ2n) is 7.90. The lowest BCUT2D eigenvalue weighted by Crippen LogP contribution is -2.19. The van der Waals surface area contributed by atoms with E-state index in [-0.39, 0.29) is 5.56 Å². The van der Waals surface area contributed by atoms with Crippen LogP contribution in [-0.4, -0.2) is 41.8 Å². The van der Waals surface area contributed by atoms with Crippen LogP contribution in [0, 0.1) is 0 Å². The summed E-state index contributed by atoms with van der Waals surface area (Å²) in [6.07, 6.45) is 0. The van der Waals surface area contributed by atoms with Crippen molar-refractivity contribution in [3.63, 3.8) is 0 Å². The number of nitrogens with one attached hydrogen (secondary N) is 1. The van der Waals surface area contributed by atoms with Gasteiger partial charge < -0.3 is 14.2 Å². The highest BCUT2D eigenvalue weighted by atomic mass is 32.1. The first-order valence-corrected chi connectivity index (χ1v) is 12.0. The highest BCUT2D eigenvalue weighted by Crippen LogP contribution is 2.37. The lowest BCUT2D eigenvalue weighted by Gasteiger charge is -2.10. The molecule has 9 heteroatoms. The largest absolute Gasteiger partial charge is 0.497 e. The van der Waals surface area contributed by atoms with Gasteiger partial charge in [-0.3, -0.25) is 9.89 Å². The second kappa shape index (κ2) is 9.71. The van der Waals surface area contributed by atoms with Gasteiger partial charge in [-0.1, -0.05) is 29.5 Å². The Bertz CT molecular complexity index is 1600. The highest BCUT2D eigenvalue weighted by Gasteiger charge is 2.22. The van der Waals surface area contributed by atoms with Crippen molar-refractivity contribution in [3.8, 4) is 33.6 Å². The van der Waals surface area contributed by atoms with Crippen molar-refractivity contribution in [3.05, 3.63) is 82.6 Å². The summed E-state index contributed by atoms with van der Waals surface area (Å²) in [6.45, 7) is 1.80. The molecule has 1 N–H and O–H groups in total. The van der Waals surface area contributed by atoms with Gasteiger partial charge in [-0.25, -0.2) is 9.98 Å². The van der Waals surface area contributed by atoms with E-state index in [0.29, 0.717) is 39.3 Å². The van der Waals surface area contributed by atoms with Crippen molar-refractivity contribution in [1.29, 1.82) is 0 Å². The third-order valence-corrected chi connectivity index (χ3v) is 6.80. The van der Waals surface area contributed by atoms with Crippen molar-refractivity contribution in [2.45, 2.75) is 6.92 Å². The first-order valence-electron chi connectivity index (χ1n) is 11.2. The van der Waals surface area contributed by atoms with Crippen LogP contribution in [0.3, 0.4) is 0 Å². The van der Waals surface area contributed by atoms with Crippen molar-refractivity contribution in [2.75, 3.05) is 21.3 Å². The van der Waals surface area contributed by atoms with E-state index in [4.69, 9.17) is 19.2 Å².